The molecule has 2 rings (SSSR count). The van der Waals surface area contributed by atoms with Gasteiger partial charge in [-0.2, -0.15) is 0 Å². The van der Waals surface area contributed by atoms with Gasteiger partial charge in [0.05, 0.1) is 12.8 Å². The summed E-state index contributed by atoms with van der Waals surface area (Å²) in [5, 5.41) is 5.27. The molecule has 0 aromatic heterocycles. The molecule has 2 aromatic carbocycles. The smallest absolute Gasteiger partial charge is 0.255 e. The maximum Gasteiger partial charge on any atom is 0.255 e. The van der Waals surface area contributed by atoms with Crippen LogP contribution in [0.1, 0.15) is 10.4 Å². The van der Waals surface area contributed by atoms with Crippen molar-refractivity contribution in [1.29, 1.82) is 0 Å². The molecule has 20 heavy (non-hydrogen) atoms. The quantitative estimate of drug-likeness (QED) is 0.820. The summed E-state index contributed by atoms with van der Waals surface area (Å²) in [6, 6.07) is 14.0. The lowest BCUT2D eigenvalue weighted by atomic mass is 10.1. The van der Waals surface area contributed by atoms with Crippen LogP contribution >= 0.6 is 0 Å². The van der Waals surface area contributed by atoms with Crippen LogP contribution in [0.5, 0.6) is 5.75 Å². The predicted octanol–water partition coefficient (Wildman–Crippen LogP) is 2.52. The van der Waals surface area contributed by atoms with E-state index in [9.17, 15) is 9.59 Å². The highest BCUT2D eigenvalue weighted by atomic mass is 16.5. The van der Waals surface area contributed by atoms with Crippen molar-refractivity contribution in [3.8, 4) is 5.75 Å². The third-order valence-corrected chi connectivity index (χ3v) is 2.71. The second-order valence-corrected chi connectivity index (χ2v) is 4.00. The Bertz CT molecular complexity index is 612. The van der Waals surface area contributed by atoms with Crippen molar-refractivity contribution >= 4 is 23.7 Å². The fourth-order valence-electron chi connectivity index (χ4n) is 1.75. The number of carbonyl (C=O) groups excluding carboxylic acids is 2. The van der Waals surface area contributed by atoms with Crippen LogP contribution in [0, 0.1) is 0 Å². The average Bonchev–Trinajstić information content (AvgIpc) is 2.48. The van der Waals surface area contributed by atoms with Crippen LogP contribution in [0.4, 0.5) is 11.4 Å². The van der Waals surface area contributed by atoms with E-state index in [4.69, 9.17) is 4.74 Å². The SMILES string of the molecule is COc1ccc(C(=O)Nc2ccccc2)cc1NC=O. The number of anilines is 2. The lowest BCUT2D eigenvalue weighted by Crippen LogP contribution is -2.12. The van der Waals surface area contributed by atoms with Gasteiger partial charge in [0.1, 0.15) is 5.75 Å². The van der Waals surface area contributed by atoms with E-state index in [0.29, 0.717) is 29.1 Å². The van der Waals surface area contributed by atoms with Crippen molar-refractivity contribution in [1.82, 2.24) is 0 Å². The number of carbonyl (C=O) groups is 2. The zero-order chi connectivity index (χ0) is 14.4. The number of ether oxygens (including phenoxy) is 1. The molecule has 0 spiro atoms. The van der Waals surface area contributed by atoms with E-state index < -0.39 is 0 Å². The summed E-state index contributed by atoms with van der Waals surface area (Å²) in [6.07, 6.45) is 0.538. The molecule has 5 heteroatoms. The van der Waals surface area contributed by atoms with E-state index in [1.807, 2.05) is 18.2 Å². The number of hydrogen-bond acceptors (Lipinski definition) is 3. The largest absolute Gasteiger partial charge is 0.495 e. The van der Waals surface area contributed by atoms with E-state index in [1.165, 1.54) is 7.11 Å². The second-order valence-electron chi connectivity index (χ2n) is 4.00. The molecule has 2 amide bonds. The highest BCUT2D eigenvalue weighted by molar-refractivity contribution is 6.05. The minimum Gasteiger partial charge on any atom is -0.495 e. The fraction of sp³-hybridized carbons (Fsp3) is 0.0667. The third-order valence-electron chi connectivity index (χ3n) is 2.71. The molecule has 0 aliphatic heterocycles. The minimum atomic E-state index is -0.257. The summed E-state index contributed by atoms with van der Waals surface area (Å²) in [4.78, 5) is 22.6. The first-order chi connectivity index (χ1) is 9.74. The number of hydrogen-bond donors (Lipinski definition) is 2. The fourth-order valence-corrected chi connectivity index (χ4v) is 1.75. The number of para-hydroxylation sites is 1. The lowest BCUT2D eigenvalue weighted by molar-refractivity contribution is -0.105. The molecule has 102 valence electrons. The van der Waals surface area contributed by atoms with Gasteiger partial charge in [0, 0.05) is 11.3 Å². The Kier molecular flexibility index (Phi) is 4.34. The van der Waals surface area contributed by atoms with Crippen molar-refractivity contribution in [2.45, 2.75) is 0 Å². The molecule has 5 nitrogen and oxygen atoms in total. The van der Waals surface area contributed by atoms with Crippen molar-refractivity contribution in [2.24, 2.45) is 0 Å². The Labute approximate surface area is 116 Å². The Morgan fingerprint density at radius 2 is 1.90 bits per heavy atom. The standard InChI is InChI=1S/C15H14N2O3/c1-20-14-8-7-11(9-13(14)16-10-18)15(19)17-12-5-3-2-4-6-12/h2-10H,1H3,(H,16,18)(H,17,19). The van der Waals surface area contributed by atoms with Crippen molar-refractivity contribution in [3.63, 3.8) is 0 Å². The molecule has 0 aliphatic rings. The van der Waals surface area contributed by atoms with Gasteiger partial charge in [0.15, 0.2) is 0 Å². The average molecular weight is 270 g/mol. The zero-order valence-electron chi connectivity index (χ0n) is 10.9. The van der Waals surface area contributed by atoms with Crippen LogP contribution < -0.4 is 15.4 Å². The molecule has 2 aromatic rings. The minimum absolute atomic E-state index is 0.257. The summed E-state index contributed by atoms with van der Waals surface area (Å²) in [5.41, 5.74) is 1.58. The first-order valence-electron chi connectivity index (χ1n) is 5.99. The summed E-state index contributed by atoms with van der Waals surface area (Å²) in [6.45, 7) is 0. The zero-order valence-corrected chi connectivity index (χ0v) is 10.9. The number of methoxy groups -OCH3 is 1. The van der Waals surface area contributed by atoms with Crippen molar-refractivity contribution < 1.29 is 14.3 Å². The van der Waals surface area contributed by atoms with Gasteiger partial charge in [0.25, 0.3) is 5.91 Å². The molecule has 2 N–H and O–H groups in total. The van der Waals surface area contributed by atoms with Gasteiger partial charge in [-0.3, -0.25) is 9.59 Å². The summed E-state index contributed by atoms with van der Waals surface area (Å²) >= 11 is 0. The van der Waals surface area contributed by atoms with Crippen molar-refractivity contribution in [2.75, 3.05) is 17.7 Å². The predicted molar refractivity (Wildman–Crippen MR) is 77.1 cm³/mol. The summed E-state index contributed by atoms with van der Waals surface area (Å²) in [5.74, 6) is 0.237. The van der Waals surface area contributed by atoms with Crippen LogP contribution in [0.3, 0.4) is 0 Å². The first-order valence-corrected chi connectivity index (χ1v) is 5.99. The molecule has 0 fully saturated rings. The van der Waals surface area contributed by atoms with Crippen LogP contribution in [-0.2, 0) is 4.79 Å². The number of rotatable bonds is 5. The Morgan fingerprint density at radius 1 is 1.15 bits per heavy atom. The Balaban J connectivity index is 2.21. The maximum absolute atomic E-state index is 12.1. The monoisotopic (exact) mass is 270 g/mol. The van der Waals surface area contributed by atoms with Gasteiger partial charge < -0.3 is 15.4 Å². The third kappa shape index (κ3) is 3.14. The van der Waals surface area contributed by atoms with Crippen LogP contribution in [0.2, 0.25) is 0 Å². The number of amides is 2. The molecule has 0 saturated heterocycles. The molecule has 0 unspecified atom stereocenters. The molecule has 0 aliphatic carbocycles. The van der Waals surface area contributed by atoms with Gasteiger partial charge >= 0.3 is 0 Å². The normalized spacial score (nSPS) is 9.65. The van der Waals surface area contributed by atoms with Crippen LogP contribution in [0.15, 0.2) is 48.5 Å². The molecule has 0 saturated carbocycles. The molecular weight excluding hydrogens is 256 g/mol. The van der Waals surface area contributed by atoms with E-state index in [1.54, 1.807) is 30.3 Å². The Hall–Kier alpha value is -2.82. The molecule has 0 radical (unpaired) electrons. The summed E-state index contributed by atoms with van der Waals surface area (Å²) < 4.78 is 5.10. The van der Waals surface area contributed by atoms with Crippen LogP contribution in [0.25, 0.3) is 0 Å². The Morgan fingerprint density at radius 3 is 2.55 bits per heavy atom. The van der Waals surface area contributed by atoms with Crippen molar-refractivity contribution in [3.05, 3.63) is 54.1 Å². The van der Waals surface area contributed by atoms with E-state index in [2.05, 4.69) is 10.6 Å². The van der Waals surface area contributed by atoms with E-state index in [-0.39, 0.29) is 5.91 Å². The highest BCUT2D eigenvalue weighted by Crippen LogP contribution is 2.25. The van der Waals surface area contributed by atoms with Gasteiger partial charge in [-0.1, -0.05) is 18.2 Å². The number of benzene rings is 2. The molecule has 0 bridgehead atoms. The van der Waals surface area contributed by atoms with Gasteiger partial charge in [-0.05, 0) is 30.3 Å². The molecule has 0 heterocycles. The number of nitrogens with one attached hydrogen (secondary N) is 2. The van der Waals surface area contributed by atoms with Gasteiger partial charge in [-0.25, -0.2) is 0 Å². The van der Waals surface area contributed by atoms with Gasteiger partial charge in [0.2, 0.25) is 6.41 Å². The van der Waals surface area contributed by atoms with E-state index >= 15 is 0 Å². The van der Waals surface area contributed by atoms with E-state index in [0.717, 1.165) is 0 Å². The molecule has 0 atom stereocenters. The topological polar surface area (TPSA) is 67.4 Å². The van der Waals surface area contributed by atoms with Crippen LogP contribution in [-0.4, -0.2) is 19.4 Å². The van der Waals surface area contributed by atoms with Gasteiger partial charge in [-0.15, -0.1) is 0 Å². The highest BCUT2D eigenvalue weighted by Gasteiger charge is 2.10. The lowest BCUT2D eigenvalue weighted by Gasteiger charge is -2.10. The second kappa shape index (κ2) is 6.38. The molecular formula is C15H14N2O3. The first kappa shape index (κ1) is 13.6. The maximum atomic E-state index is 12.1. The summed E-state index contributed by atoms with van der Waals surface area (Å²) in [7, 11) is 1.50.